The SMILES string of the molecule is C[C@@H]1CN(CCNC(=O)NCc2cccs2)C[C@@H](C)O1. The quantitative estimate of drug-likeness (QED) is 0.869. The number of amides is 2. The first-order chi connectivity index (χ1) is 9.63. The summed E-state index contributed by atoms with van der Waals surface area (Å²) in [6.07, 6.45) is 0.540. The van der Waals surface area contributed by atoms with Gasteiger partial charge in [0.1, 0.15) is 0 Å². The lowest BCUT2D eigenvalue weighted by molar-refractivity contribution is -0.0672. The molecule has 112 valence electrons. The van der Waals surface area contributed by atoms with Crippen LogP contribution in [0, 0.1) is 0 Å². The Bertz CT molecular complexity index is 401. The molecule has 1 aromatic heterocycles. The van der Waals surface area contributed by atoms with Crippen molar-refractivity contribution in [3.63, 3.8) is 0 Å². The first-order valence-corrected chi connectivity index (χ1v) is 7.93. The minimum atomic E-state index is -0.104. The molecule has 0 unspecified atom stereocenters. The van der Waals surface area contributed by atoms with E-state index in [-0.39, 0.29) is 18.2 Å². The molecule has 2 rings (SSSR count). The summed E-state index contributed by atoms with van der Waals surface area (Å²) >= 11 is 1.65. The van der Waals surface area contributed by atoms with Gasteiger partial charge in [-0.3, -0.25) is 4.90 Å². The number of carbonyl (C=O) groups excluding carboxylic acids is 1. The molecule has 6 heteroatoms. The zero-order valence-corrected chi connectivity index (χ0v) is 12.9. The molecule has 2 heterocycles. The standard InChI is InChI=1S/C14H23N3O2S/c1-11-9-17(10-12(2)19-11)6-5-15-14(18)16-8-13-4-3-7-20-13/h3-4,7,11-12H,5-6,8-10H2,1-2H3,(H2,15,16,18)/t11-,12-/m1/s1. The third kappa shape index (κ3) is 5.11. The Kier molecular flexibility index (Phi) is 5.82. The maximum atomic E-state index is 11.6. The van der Waals surface area contributed by atoms with Crippen LogP contribution in [0.1, 0.15) is 18.7 Å². The molecule has 5 nitrogen and oxygen atoms in total. The molecule has 0 radical (unpaired) electrons. The number of nitrogens with zero attached hydrogens (tertiary/aromatic N) is 1. The van der Waals surface area contributed by atoms with Crippen LogP contribution < -0.4 is 10.6 Å². The number of hydrogen-bond acceptors (Lipinski definition) is 4. The van der Waals surface area contributed by atoms with Gasteiger partial charge in [-0.15, -0.1) is 11.3 Å². The highest BCUT2D eigenvalue weighted by molar-refractivity contribution is 7.09. The molecule has 0 aromatic carbocycles. The van der Waals surface area contributed by atoms with Crippen LogP contribution in [-0.4, -0.2) is 49.3 Å². The number of ether oxygens (including phenoxy) is 1. The van der Waals surface area contributed by atoms with Gasteiger partial charge in [-0.2, -0.15) is 0 Å². The van der Waals surface area contributed by atoms with Gasteiger partial charge < -0.3 is 15.4 Å². The molecule has 0 bridgehead atoms. The van der Waals surface area contributed by atoms with Crippen molar-refractivity contribution in [3.05, 3.63) is 22.4 Å². The molecule has 1 aromatic rings. The van der Waals surface area contributed by atoms with E-state index < -0.39 is 0 Å². The van der Waals surface area contributed by atoms with Gasteiger partial charge in [-0.25, -0.2) is 4.79 Å². The van der Waals surface area contributed by atoms with E-state index in [9.17, 15) is 4.79 Å². The van der Waals surface area contributed by atoms with Crippen molar-refractivity contribution >= 4 is 17.4 Å². The van der Waals surface area contributed by atoms with Crippen molar-refractivity contribution in [2.24, 2.45) is 0 Å². The van der Waals surface area contributed by atoms with Crippen LogP contribution in [0.2, 0.25) is 0 Å². The molecule has 2 amide bonds. The van der Waals surface area contributed by atoms with Gasteiger partial charge in [0.25, 0.3) is 0 Å². The van der Waals surface area contributed by atoms with Gasteiger partial charge in [-0.1, -0.05) is 6.07 Å². The fourth-order valence-electron chi connectivity index (χ4n) is 2.44. The summed E-state index contributed by atoms with van der Waals surface area (Å²) in [6, 6.07) is 3.90. The molecule has 0 spiro atoms. The molecular weight excluding hydrogens is 274 g/mol. The van der Waals surface area contributed by atoms with E-state index in [1.165, 1.54) is 0 Å². The number of morpholine rings is 1. The lowest BCUT2D eigenvalue weighted by atomic mass is 10.2. The topological polar surface area (TPSA) is 53.6 Å². The third-order valence-corrected chi connectivity index (χ3v) is 4.09. The summed E-state index contributed by atoms with van der Waals surface area (Å²) in [5, 5.41) is 7.76. The van der Waals surface area contributed by atoms with E-state index in [1.54, 1.807) is 11.3 Å². The Balaban J connectivity index is 1.59. The zero-order chi connectivity index (χ0) is 14.4. The van der Waals surface area contributed by atoms with Crippen LogP contribution in [-0.2, 0) is 11.3 Å². The molecular formula is C14H23N3O2S. The molecule has 2 atom stereocenters. The van der Waals surface area contributed by atoms with Gasteiger partial charge in [0.05, 0.1) is 18.8 Å². The van der Waals surface area contributed by atoms with Crippen molar-refractivity contribution in [3.8, 4) is 0 Å². The predicted molar refractivity (Wildman–Crippen MR) is 81.0 cm³/mol. The smallest absolute Gasteiger partial charge is 0.315 e. The Morgan fingerprint density at radius 1 is 1.40 bits per heavy atom. The molecule has 1 saturated heterocycles. The lowest BCUT2D eigenvalue weighted by Gasteiger charge is -2.35. The second-order valence-corrected chi connectivity index (χ2v) is 6.24. The summed E-state index contributed by atoms with van der Waals surface area (Å²) in [5.41, 5.74) is 0. The normalized spacial score (nSPS) is 23.5. The summed E-state index contributed by atoms with van der Waals surface area (Å²) in [7, 11) is 0. The average Bonchev–Trinajstić information content (AvgIpc) is 2.88. The number of urea groups is 1. The third-order valence-electron chi connectivity index (χ3n) is 3.21. The highest BCUT2D eigenvalue weighted by Crippen LogP contribution is 2.09. The molecule has 1 aliphatic rings. The highest BCUT2D eigenvalue weighted by Gasteiger charge is 2.21. The monoisotopic (exact) mass is 297 g/mol. The fraction of sp³-hybridized carbons (Fsp3) is 0.643. The Morgan fingerprint density at radius 3 is 2.80 bits per heavy atom. The average molecular weight is 297 g/mol. The summed E-state index contributed by atoms with van der Waals surface area (Å²) in [5.74, 6) is 0. The fourth-order valence-corrected chi connectivity index (χ4v) is 3.08. The predicted octanol–water partition coefficient (Wildman–Crippen LogP) is 1.66. The zero-order valence-electron chi connectivity index (χ0n) is 12.1. The molecule has 0 saturated carbocycles. The van der Waals surface area contributed by atoms with E-state index >= 15 is 0 Å². The van der Waals surface area contributed by atoms with Gasteiger partial charge >= 0.3 is 6.03 Å². The number of carbonyl (C=O) groups is 1. The first-order valence-electron chi connectivity index (χ1n) is 7.05. The van der Waals surface area contributed by atoms with E-state index in [4.69, 9.17) is 4.74 Å². The lowest BCUT2D eigenvalue weighted by Crippen LogP contribution is -2.48. The summed E-state index contributed by atoms with van der Waals surface area (Å²) in [4.78, 5) is 15.1. The van der Waals surface area contributed by atoms with Crippen LogP contribution in [0.25, 0.3) is 0 Å². The van der Waals surface area contributed by atoms with Crippen LogP contribution in [0.15, 0.2) is 17.5 Å². The first kappa shape index (κ1) is 15.3. The number of nitrogens with one attached hydrogen (secondary N) is 2. The minimum absolute atomic E-state index is 0.104. The van der Waals surface area contributed by atoms with Gasteiger partial charge in [0, 0.05) is 31.1 Å². The second kappa shape index (κ2) is 7.61. The van der Waals surface area contributed by atoms with E-state index in [0.29, 0.717) is 13.1 Å². The van der Waals surface area contributed by atoms with Crippen LogP contribution in [0.3, 0.4) is 0 Å². The Morgan fingerprint density at radius 2 is 2.15 bits per heavy atom. The van der Waals surface area contributed by atoms with Crippen molar-refractivity contribution in [1.82, 2.24) is 15.5 Å². The summed E-state index contributed by atoms with van der Waals surface area (Å²) in [6.45, 7) is 8.16. The molecule has 1 aliphatic heterocycles. The van der Waals surface area contributed by atoms with Crippen LogP contribution >= 0.6 is 11.3 Å². The largest absolute Gasteiger partial charge is 0.373 e. The number of thiophene rings is 1. The maximum Gasteiger partial charge on any atom is 0.315 e. The molecule has 1 fully saturated rings. The molecule has 20 heavy (non-hydrogen) atoms. The van der Waals surface area contributed by atoms with Crippen molar-refractivity contribution in [2.45, 2.75) is 32.6 Å². The van der Waals surface area contributed by atoms with E-state index in [2.05, 4.69) is 29.4 Å². The Labute approximate surface area is 124 Å². The molecule has 2 N–H and O–H groups in total. The van der Waals surface area contributed by atoms with Crippen molar-refractivity contribution in [1.29, 1.82) is 0 Å². The van der Waals surface area contributed by atoms with Gasteiger partial charge in [0.2, 0.25) is 0 Å². The van der Waals surface area contributed by atoms with E-state index in [1.807, 2.05) is 17.5 Å². The van der Waals surface area contributed by atoms with Crippen molar-refractivity contribution < 1.29 is 9.53 Å². The molecule has 0 aliphatic carbocycles. The van der Waals surface area contributed by atoms with Gasteiger partial charge in [-0.05, 0) is 25.3 Å². The van der Waals surface area contributed by atoms with Crippen LogP contribution in [0.4, 0.5) is 4.79 Å². The maximum absolute atomic E-state index is 11.6. The minimum Gasteiger partial charge on any atom is -0.373 e. The van der Waals surface area contributed by atoms with Crippen LogP contribution in [0.5, 0.6) is 0 Å². The van der Waals surface area contributed by atoms with E-state index in [0.717, 1.165) is 24.5 Å². The number of rotatable bonds is 5. The van der Waals surface area contributed by atoms with Crippen molar-refractivity contribution in [2.75, 3.05) is 26.2 Å². The van der Waals surface area contributed by atoms with Gasteiger partial charge in [0.15, 0.2) is 0 Å². The Hall–Kier alpha value is -1.11. The second-order valence-electron chi connectivity index (χ2n) is 5.21. The highest BCUT2D eigenvalue weighted by atomic mass is 32.1. The number of hydrogen-bond donors (Lipinski definition) is 2. The summed E-state index contributed by atoms with van der Waals surface area (Å²) < 4.78 is 5.68.